The summed E-state index contributed by atoms with van der Waals surface area (Å²) in [4.78, 5) is 29.9. The zero-order valence-corrected chi connectivity index (χ0v) is 18.2. The summed E-state index contributed by atoms with van der Waals surface area (Å²) in [5, 5.41) is 3.23. The SMILES string of the molecule is O=C(CN1CC(C(=O)N2CCOCC2)Oc2ccccc21)NC1CCCc2ccccc21. The van der Waals surface area contributed by atoms with Gasteiger partial charge < -0.3 is 24.6 Å². The molecule has 2 atom stereocenters. The molecule has 1 fully saturated rings. The molecule has 0 radical (unpaired) electrons. The molecule has 2 aliphatic heterocycles. The molecule has 2 unspecified atom stereocenters. The summed E-state index contributed by atoms with van der Waals surface area (Å²) in [6, 6.07) is 16.0. The first-order valence-corrected chi connectivity index (χ1v) is 11.4. The van der Waals surface area contributed by atoms with Crippen molar-refractivity contribution in [3.05, 3.63) is 59.7 Å². The molecule has 1 aliphatic carbocycles. The second-order valence-electron chi connectivity index (χ2n) is 8.60. The molecule has 1 N–H and O–H groups in total. The molecule has 5 rings (SSSR count). The van der Waals surface area contributed by atoms with Crippen molar-refractivity contribution in [1.29, 1.82) is 0 Å². The van der Waals surface area contributed by atoms with E-state index in [1.807, 2.05) is 35.2 Å². The van der Waals surface area contributed by atoms with Crippen LogP contribution >= 0.6 is 0 Å². The van der Waals surface area contributed by atoms with Crippen molar-refractivity contribution in [3.8, 4) is 5.75 Å². The third-order valence-electron chi connectivity index (χ3n) is 6.50. The van der Waals surface area contributed by atoms with Crippen molar-refractivity contribution in [2.45, 2.75) is 31.4 Å². The number of fused-ring (bicyclic) bond motifs is 2. The average Bonchev–Trinajstić information content (AvgIpc) is 2.84. The zero-order chi connectivity index (χ0) is 21.9. The van der Waals surface area contributed by atoms with E-state index in [2.05, 4.69) is 23.5 Å². The molecule has 32 heavy (non-hydrogen) atoms. The van der Waals surface area contributed by atoms with Gasteiger partial charge in [-0.2, -0.15) is 0 Å². The Bertz CT molecular complexity index is 989. The Kier molecular flexibility index (Phi) is 5.99. The molecule has 0 bridgehead atoms. The quantitative estimate of drug-likeness (QED) is 0.798. The van der Waals surface area contributed by atoms with Crippen LogP contribution in [0, 0.1) is 0 Å². The number of morpholine rings is 1. The van der Waals surface area contributed by atoms with Gasteiger partial charge in [0.05, 0.1) is 38.0 Å². The van der Waals surface area contributed by atoms with Gasteiger partial charge in [-0.15, -0.1) is 0 Å². The number of hydrogen-bond donors (Lipinski definition) is 1. The Labute approximate surface area is 188 Å². The number of aryl methyl sites for hydroxylation is 1. The van der Waals surface area contributed by atoms with Crippen LogP contribution in [0.25, 0.3) is 0 Å². The van der Waals surface area contributed by atoms with Crippen LogP contribution in [0.15, 0.2) is 48.5 Å². The second kappa shape index (κ2) is 9.20. The fourth-order valence-corrected chi connectivity index (χ4v) is 4.89. The van der Waals surface area contributed by atoms with Gasteiger partial charge in [0.15, 0.2) is 6.10 Å². The lowest BCUT2D eigenvalue weighted by atomic mass is 9.88. The Morgan fingerprint density at radius 3 is 2.69 bits per heavy atom. The predicted octanol–water partition coefficient (Wildman–Crippen LogP) is 2.31. The molecule has 0 aromatic heterocycles. The van der Waals surface area contributed by atoms with Crippen molar-refractivity contribution in [2.75, 3.05) is 44.3 Å². The maximum absolute atomic E-state index is 13.1. The molecule has 1 saturated heterocycles. The lowest BCUT2D eigenvalue weighted by molar-refractivity contribution is -0.142. The lowest BCUT2D eigenvalue weighted by Crippen LogP contribution is -2.54. The van der Waals surface area contributed by atoms with Gasteiger partial charge in [0, 0.05) is 13.1 Å². The van der Waals surface area contributed by atoms with E-state index in [1.165, 1.54) is 11.1 Å². The Morgan fingerprint density at radius 1 is 1.03 bits per heavy atom. The van der Waals surface area contributed by atoms with Gasteiger partial charge >= 0.3 is 0 Å². The van der Waals surface area contributed by atoms with Crippen molar-refractivity contribution >= 4 is 17.5 Å². The fraction of sp³-hybridized carbons (Fsp3) is 0.440. The highest BCUT2D eigenvalue weighted by Crippen LogP contribution is 2.34. The Morgan fingerprint density at radius 2 is 1.81 bits per heavy atom. The monoisotopic (exact) mass is 435 g/mol. The second-order valence-corrected chi connectivity index (χ2v) is 8.60. The van der Waals surface area contributed by atoms with E-state index < -0.39 is 6.10 Å². The number of benzene rings is 2. The third-order valence-corrected chi connectivity index (χ3v) is 6.50. The van der Waals surface area contributed by atoms with Crippen molar-refractivity contribution in [1.82, 2.24) is 10.2 Å². The number of ether oxygens (including phenoxy) is 2. The fourth-order valence-electron chi connectivity index (χ4n) is 4.89. The number of nitrogens with zero attached hydrogens (tertiary/aromatic N) is 2. The van der Waals surface area contributed by atoms with Crippen LogP contribution in [0.2, 0.25) is 0 Å². The molecule has 168 valence electrons. The van der Waals surface area contributed by atoms with Crippen LogP contribution in [0.3, 0.4) is 0 Å². The molecule has 2 aromatic carbocycles. The minimum absolute atomic E-state index is 0.0366. The van der Waals surface area contributed by atoms with E-state index in [4.69, 9.17) is 9.47 Å². The predicted molar refractivity (Wildman–Crippen MR) is 121 cm³/mol. The minimum Gasteiger partial charge on any atom is -0.477 e. The van der Waals surface area contributed by atoms with Gasteiger partial charge in [0.1, 0.15) is 5.75 Å². The molecular weight excluding hydrogens is 406 g/mol. The molecule has 0 spiro atoms. The summed E-state index contributed by atoms with van der Waals surface area (Å²) in [7, 11) is 0. The van der Waals surface area contributed by atoms with E-state index in [0.29, 0.717) is 38.6 Å². The number of nitrogens with one attached hydrogen (secondary N) is 1. The molecule has 3 aliphatic rings. The summed E-state index contributed by atoms with van der Waals surface area (Å²) in [5.74, 6) is 0.552. The van der Waals surface area contributed by atoms with Crippen molar-refractivity contribution in [2.24, 2.45) is 0 Å². The zero-order valence-electron chi connectivity index (χ0n) is 18.2. The number of carbonyl (C=O) groups excluding carboxylic acids is 2. The number of rotatable bonds is 4. The molecular formula is C25H29N3O4. The lowest BCUT2D eigenvalue weighted by Gasteiger charge is -2.38. The number of hydrogen-bond acceptors (Lipinski definition) is 5. The largest absolute Gasteiger partial charge is 0.477 e. The van der Waals surface area contributed by atoms with E-state index in [9.17, 15) is 9.59 Å². The average molecular weight is 436 g/mol. The highest BCUT2D eigenvalue weighted by molar-refractivity contribution is 5.86. The molecule has 2 aromatic rings. The smallest absolute Gasteiger partial charge is 0.265 e. The summed E-state index contributed by atoms with van der Waals surface area (Å²) < 4.78 is 11.4. The summed E-state index contributed by atoms with van der Waals surface area (Å²) in [6.45, 7) is 2.77. The van der Waals surface area contributed by atoms with E-state index in [0.717, 1.165) is 24.9 Å². The number of para-hydroxylation sites is 2. The molecule has 0 saturated carbocycles. The van der Waals surface area contributed by atoms with Crippen molar-refractivity contribution in [3.63, 3.8) is 0 Å². The van der Waals surface area contributed by atoms with Crippen LogP contribution in [-0.2, 0) is 20.7 Å². The van der Waals surface area contributed by atoms with Crippen LogP contribution < -0.4 is 15.0 Å². The van der Waals surface area contributed by atoms with Crippen LogP contribution in [0.4, 0.5) is 5.69 Å². The van der Waals surface area contributed by atoms with E-state index in [1.54, 1.807) is 4.90 Å². The highest BCUT2D eigenvalue weighted by atomic mass is 16.5. The maximum atomic E-state index is 13.1. The van der Waals surface area contributed by atoms with Crippen LogP contribution in [0.5, 0.6) is 5.75 Å². The summed E-state index contributed by atoms with van der Waals surface area (Å²) in [5.41, 5.74) is 3.38. The third kappa shape index (κ3) is 4.30. The number of carbonyl (C=O) groups is 2. The normalized spacial score (nSPS) is 22.4. The van der Waals surface area contributed by atoms with E-state index >= 15 is 0 Å². The highest BCUT2D eigenvalue weighted by Gasteiger charge is 2.35. The van der Waals surface area contributed by atoms with Crippen LogP contribution in [-0.4, -0.2) is 62.2 Å². The van der Waals surface area contributed by atoms with Gasteiger partial charge in [0.25, 0.3) is 5.91 Å². The van der Waals surface area contributed by atoms with Crippen LogP contribution in [0.1, 0.15) is 30.0 Å². The van der Waals surface area contributed by atoms with Crippen molar-refractivity contribution < 1.29 is 19.1 Å². The van der Waals surface area contributed by atoms with Gasteiger partial charge in [-0.25, -0.2) is 0 Å². The van der Waals surface area contributed by atoms with Gasteiger partial charge in [-0.1, -0.05) is 36.4 Å². The first-order valence-electron chi connectivity index (χ1n) is 11.4. The van der Waals surface area contributed by atoms with Gasteiger partial charge in [-0.3, -0.25) is 9.59 Å². The Balaban J connectivity index is 1.30. The minimum atomic E-state index is -0.633. The molecule has 7 nitrogen and oxygen atoms in total. The van der Waals surface area contributed by atoms with E-state index in [-0.39, 0.29) is 24.4 Å². The topological polar surface area (TPSA) is 71.1 Å². The first kappa shape index (κ1) is 20.8. The summed E-state index contributed by atoms with van der Waals surface area (Å²) in [6.07, 6.45) is 2.44. The van der Waals surface area contributed by atoms with Gasteiger partial charge in [0.2, 0.25) is 5.91 Å². The molecule has 2 heterocycles. The molecule has 2 amide bonds. The molecule has 7 heteroatoms. The first-order chi connectivity index (χ1) is 15.7. The number of anilines is 1. The number of amides is 2. The standard InChI is InChI=1S/C25H29N3O4/c29-24(26-20-9-5-7-18-6-1-2-8-19(18)20)17-28-16-23(25(30)27-12-14-31-15-13-27)32-22-11-4-3-10-21(22)28/h1-4,6,8,10-11,20,23H,5,7,9,12-17H2,(H,26,29). The van der Waals surface area contributed by atoms with Gasteiger partial charge in [-0.05, 0) is 42.5 Å². The maximum Gasteiger partial charge on any atom is 0.265 e. The summed E-state index contributed by atoms with van der Waals surface area (Å²) >= 11 is 0. The Hall–Kier alpha value is -3.06.